The maximum absolute atomic E-state index is 7.19. The quantitative estimate of drug-likeness (QED) is 0.164. The first-order chi connectivity index (χ1) is 31.8. The Morgan fingerprint density at radius 3 is 1.49 bits per heavy atom. The number of para-hydroxylation sites is 1. The topological polar surface area (TPSA) is 20.6 Å². The minimum Gasteiger partial charge on any atom is -0.458 e. The van der Waals surface area contributed by atoms with E-state index >= 15 is 0 Å². The van der Waals surface area contributed by atoms with E-state index in [2.05, 4.69) is 259 Å². The number of ether oxygens (including phenoxy) is 1. The Labute approximate surface area is 407 Å². The first kappa shape index (κ1) is 45.6. The number of nitrogens with zero attached hydrogens (tertiary/aromatic N) is 3. The van der Waals surface area contributed by atoms with Gasteiger partial charge in [0.05, 0.1) is 16.9 Å². The lowest BCUT2D eigenvalue weighted by Gasteiger charge is -2.42. The molecule has 4 nitrogen and oxygen atoms in total. The van der Waals surface area contributed by atoms with E-state index in [0.29, 0.717) is 0 Å². The predicted octanol–water partition coefficient (Wildman–Crippen LogP) is 15.7. The van der Waals surface area contributed by atoms with Crippen molar-refractivity contribution in [1.82, 2.24) is 4.57 Å². The first-order valence-electron chi connectivity index (χ1n) is 24.8. The highest BCUT2D eigenvalue weighted by atomic mass is 16.5. The Kier molecular flexibility index (Phi) is 10.3. The highest BCUT2D eigenvalue weighted by molar-refractivity contribution is 6.99. The molecule has 0 bridgehead atoms. The molecule has 0 amide bonds. The second-order valence-corrected chi connectivity index (χ2v) is 24.9. The van der Waals surface area contributed by atoms with Crippen LogP contribution in [0.3, 0.4) is 0 Å². The molecule has 0 unspecified atom stereocenters. The summed E-state index contributed by atoms with van der Waals surface area (Å²) in [5, 5.41) is 2.46. The molecule has 2 aliphatic rings. The fourth-order valence-electron chi connectivity index (χ4n) is 10.6. The van der Waals surface area contributed by atoms with Crippen molar-refractivity contribution in [3.8, 4) is 11.5 Å². The van der Waals surface area contributed by atoms with Crippen molar-refractivity contribution >= 4 is 79.0 Å². The van der Waals surface area contributed by atoms with Crippen molar-refractivity contribution in [2.45, 2.75) is 131 Å². The van der Waals surface area contributed by atoms with Gasteiger partial charge in [0.2, 0.25) is 0 Å². The highest BCUT2D eigenvalue weighted by Gasteiger charge is 2.44. The van der Waals surface area contributed by atoms with Gasteiger partial charge in [-0.15, -0.1) is 0 Å². The summed E-state index contributed by atoms with van der Waals surface area (Å²) in [7, 11) is 2.23. The van der Waals surface area contributed by atoms with E-state index in [1.54, 1.807) is 0 Å². The van der Waals surface area contributed by atoms with Crippen molar-refractivity contribution in [3.05, 3.63) is 161 Å². The number of aromatic nitrogens is 1. The summed E-state index contributed by atoms with van der Waals surface area (Å²) in [5.74, 6) is 1.88. The third-order valence-electron chi connectivity index (χ3n) is 14.8. The number of fused-ring (bicyclic) bond motifs is 7. The number of hydrogen-bond acceptors (Lipinski definition) is 3. The maximum Gasteiger partial charge on any atom is 0.256 e. The molecule has 3 heterocycles. The Bertz CT molecular complexity index is 3230. The van der Waals surface area contributed by atoms with E-state index in [1.165, 1.54) is 77.4 Å². The summed E-state index contributed by atoms with van der Waals surface area (Å²) < 4.78 is 9.59. The Hall–Kier alpha value is -6.20. The number of benzene rings is 7. The second-order valence-electron chi connectivity index (χ2n) is 24.9. The molecule has 5 heteroatoms. The van der Waals surface area contributed by atoms with Gasteiger partial charge >= 0.3 is 0 Å². The first-order valence-corrected chi connectivity index (χ1v) is 24.8. The second kappa shape index (κ2) is 15.4. The number of hydrogen-bond donors (Lipinski definition) is 0. The number of rotatable bonds is 4. The van der Waals surface area contributed by atoms with E-state index in [-0.39, 0.29) is 33.8 Å². The number of aryl methyl sites for hydroxylation is 1. The molecule has 0 atom stereocenters. The molecule has 346 valence electrons. The van der Waals surface area contributed by atoms with Gasteiger partial charge in [-0.25, -0.2) is 0 Å². The molecule has 2 aliphatic heterocycles. The molecule has 1 aromatic heterocycles. The molecule has 0 saturated heterocycles. The summed E-state index contributed by atoms with van der Waals surface area (Å²) >= 11 is 0. The SMILES string of the molecule is Cn1c2ccccc2c2c(N3c4ccc(C(C)(C)C)cc4B4c5cc(C(C)(C)C)ccc5Oc5cc(C(C)(C)C)cc3c54)cc(N(c3ccc(C(C)(C)C)cc3)c3ccc(C(C)(C)C)cc3)cc21. The van der Waals surface area contributed by atoms with E-state index < -0.39 is 0 Å². The van der Waals surface area contributed by atoms with Gasteiger partial charge in [0.25, 0.3) is 6.71 Å². The monoisotopic (exact) mass is 896 g/mol. The lowest BCUT2D eigenvalue weighted by atomic mass is 9.33. The zero-order valence-corrected chi connectivity index (χ0v) is 43.5. The van der Waals surface area contributed by atoms with Gasteiger partial charge in [0.15, 0.2) is 0 Å². The third-order valence-corrected chi connectivity index (χ3v) is 14.8. The smallest absolute Gasteiger partial charge is 0.256 e. The lowest BCUT2D eigenvalue weighted by molar-refractivity contribution is 0.482. The van der Waals surface area contributed by atoms with Crippen LogP contribution >= 0.6 is 0 Å². The van der Waals surface area contributed by atoms with Crippen LogP contribution in [0.2, 0.25) is 0 Å². The van der Waals surface area contributed by atoms with Crippen LogP contribution in [0.5, 0.6) is 11.5 Å². The molecular weight excluding hydrogens is 826 g/mol. The maximum atomic E-state index is 7.19. The normalized spacial score (nSPS) is 13.9. The zero-order chi connectivity index (χ0) is 48.6. The van der Waals surface area contributed by atoms with Crippen LogP contribution in [0.4, 0.5) is 34.1 Å². The van der Waals surface area contributed by atoms with Gasteiger partial charge in [-0.1, -0.05) is 171 Å². The molecule has 0 radical (unpaired) electrons. The largest absolute Gasteiger partial charge is 0.458 e. The molecule has 0 N–H and O–H groups in total. The molecule has 10 rings (SSSR count). The van der Waals surface area contributed by atoms with Crippen LogP contribution in [0.1, 0.15) is 132 Å². The van der Waals surface area contributed by atoms with Crippen LogP contribution in [0.25, 0.3) is 21.8 Å². The van der Waals surface area contributed by atoms with E-state index in [1.807, 2.05) is 0 Å². The van der Waals surface area contributed by atoms with Crippen molar-refractivity contribution in [3.63, 3.8) is 0 Å². The molecule has 7 aromatic carbocycles. The van der Waals surface area contributed by atoms with Crippen LogP contribution in [0.15, 0.2) is 133 Å². The lowest BCUT2D eigenvalue weighted by Crippen LogP contribution is -2.60. The van der Waals surface area contributed by atoms with Crippen LogP contribution < -0.4 is 30.9 Å². The van der Waals surface area contributed by atoms with E-state index in [9.17, 15) is 0 Å². The average Bonchev–Trinajstić information content (AvgIpc) is 3.55. The van der Waals surface area contributed by atoms with Gasteiger partial charge in [-0.2, -0.15) is 0 Å². The molecular formula is C63H70BN3O. The standard InChI is InChI=1S/C63H70BN3O/c1-59(2,3)39-21-27-44(28-22-39)66(45-29-23-40(24-30-45)60(4,5)6)46-37-52-57(47-19-17-18-20-50(47)65(52)16)53(38-46)67-51-31-25-41(61(7,8)9)33-48(51)64-49-34-42(62(10,11)12)26-32-55(49)68-56-36-43(63(13,14)15)35-54(67)58(56)64/h17-38H,1-16H3. The van der Waals surface area contributed by atoms with Crippen molar-refractivity contribution in [2.75, 3.05) is 9.80 Å². The fourth-order valence-corrected chi connectivity index (χ4v) is 10.6. The van der Waals surface area contributed by atoms with Crippen molar-refractivity contribution < 1.29 is 4.74 Å². The Balaban J connectivity index is 1.33. The van der Waals surface area contributed by atoms with Gasteiger partial charge in [-0.3, -0.25) is 0 Å². The summed E-state index contributed by atoms with van der Waals surface area (Å²) in [4.78, 5) is 5.07. The summed E-state index contributed by atoms with van der Waals surface area (Å²) in [6.07, 6.45) is 0. The number of anilines is 6. The van der Waals surface area contributed by atoms with Gasteiger partial charge in [0.1, 0.15) is 11.5 Å². The van der Waals surface area contributed by atoms with Crippen LogP contribution in [-0.2, 0) is 34.1 Å². The fraction of sp³-hybridized carbons (Fsp3) is 0.333. The average molecular weight is 896 g/mol. The zero-order valence-electron chi connectivity index (χ0n) is 43.5. The summed E-state index contributed by atoms with van der Waals surface area (Å²) in [6.45, 7) is 34.6. The van der Waals surface area contributed by atoms with E-state index in [4.69, 9.17) is 4.74 Å². The van der Waals surface area contributed by atoms with Gasteiger partial charge in [0, 0.05) is 46.1 Å². The van der Waals surface area contributed by atoms with Crippen LogP contribution in [-0.4, -0.2) is 11.3 Å². The molecule has 68 heavy (non-hydrogen) atoms. The van der Waals surface area contributed by atoms with E-state index in [0.717, 1.165) is 34.2 Å². The molecule has 8 aromatic rings. The third kappa shape index (κ3) is 7.61. The summed E-state index contributed by atoms with van der Waals surface area (Å²) in [5.41, 5.74) is 19.3. The van der Waals surface area contributed by atoms with Gasteiger partial charge < -0.3 is 19.1 Å². The highest BCUT2D eigenvalue weighted by Crippen LogP contribution is 2.50. The predicted molar refractivity (Wildman–Crippen MR) is 294 cm³/mol. The van der Waals surface area contributed by atoms with Crippen molar-refractivity contribution in [1.29, 1.82) is 0 Å². The molecule has 0 aliphatic carbocycles. The minimum atomic E-state index is -0.144. The van der Waals surface area contributed by atoms with Crippen molar-refractivity contribution in [2.24, 2.45) is 7.05 Å². The Morgan fingerprint density at radius 1 is 0.412 bits per heavy atom. The Morgan fingerprint density at radius 2 is 0.926 bits per heavy atom. The minimum absolute atomic E-state index is 0.0264. The summed E-state index contributed by atoms with van der Waals surface area (Å²) in [6, 6.07) is 51.3. The van der Waals surface area contributed by atoms with Crippen LogP contribution in [0, 0.1) is 0 Å². The van der Waals surface area contributed by atoms with Gasteiger partial charge in [-0.05, 0) is 138 Å². The molecule has 0 fully saturated rings. The molecule has 0 spiro atoms. The molecule has 0 saturated carbocycles.